The Kier molecular flexibility index (Phi) is 8.75. The van der Waals surface area contributed by atoms with Gasteiger partial charge in [0.05, 0.1) is 27.8 Å². The SMILES string of the molecule is C=C1/C=C\C=C(\n2c3ccc(-c4ccc5c(c4)c4cc(-c6cccc7ccccc67)ccc4n5-c4ccccc4)cc3c3cc(-c4cccc5ccccc45)ccc32)COc2ccccc21. The number of nitrogens with zero attached hydrogens (tertiary/aromatic N) is 2. The fourth-order valence-corrected chi connectivity index (χ4v) is 10.4. The van der Waals surface area contributed by atoms with Crippen LogP contribution < -0.4 is 4.74 Å². The summed E-state index contributed by atoms with van der Waals surface area (Å²) >= 11 is 0. The number of rotatable bonds is 5. The summed E-state index contributed by atoms with van der Waals surface area (Å²) in [5, 5.41) is 9.79. The van der Waals surface area contributed by atoms with Crippen molar-refractivity contribution in [2.45, 2.75) is 0 Å². The van der Waals surface area contributed by atoms with Gasteiger partial charge in [-0.25, -0.2) is 0 Å². The zero-order chi connectivity index (χ0) is 43.7. The molecule has 0 N–H and O–H groups in total. The van der Waals surface area contributed by atoms with Gasteiger partial charge in [-0.3, -0.25) is 0 Å². The maximum atomic E-state index is 6.62. The van der Waals surface area contributed by atoms with E-state index < -0.39 is 0 Å². The third-order valence-electron chi connectivity index (χ3n) is 13.6. The van der Waals surface area contributed by atoms with Gasteiger partial charge in [0.1, 0.15) is 12.4 Å². The third kappa shape index (κ3) is 6.12. The zero-order valence-corrected chi connectivity index (χ0v) is 36.2. The molecule has 0 radical (unpaired) electrons. The number of hydrogen-bond donors (Lipinski definition) is 0. The van der Waals surface area contributed by atoms with Gasteiger partial charge in [0.25, 0.3) is 0 Å². The number of fused-ring (bicyclic) bond motifs is 9. The Morgan fingerprint density at radius 3 is 1.42 bits per heavy atom. The van der Waals surface area contributed by atoms with Crippen molar-refractivity contribution in [2.75, 3.05) is 6.61 Å². The first-order valence-electron chi connectivity index (χ1n) is 22.6. The van der Waals surface area contributed by atoms with Crippen molar-refractivity contribution in [3.63, 3.8) is 0 Å². The van der Waals surface area contributed by atoms with E-state index in [1.807, 2.05) is 18.2 Å². The molecule has 0 amide bonds. The molecule has 66 heavy (non-hydrogen) atoms. The van der Waals surface area contributed by atoms with Crippen molar-refractivity contribution in [1.29, 1.82) is 0 Å². The van der Waals surface area contributed by atoms with Gasteiger partial charge >= 0.3 is 0 Å². The van der Waals surface area contributed by atoms with Gasteiger partial charge in [-0.15, -0.1) is 0 Å². The third-order valence-corrected chi connectivity index (χ3v) is 13.6. The van der Waals surface area contributed by atoms with E-state index in [-0.39, 0.29) is 0 Å². The molecule has 3 nitrogen and oxygen atoms in total. The Morgan fingerprint density at radius 2 is 0.833 bits per heavy atom. The van der Waals surface area contributed by atoms with Crippen LogP contribution in [0.2, 0.25) is 0 Å². The molecule has 1 aliphatic heterocycles. The highest BCUT2D eigenvalue weighted by atomic mass is 16.5. The highest BCUT2D eigenvalue weighted by molar-refractivity contribution is 6.15. The summed E-state index contributed by atoms with van der Waals surface area (Å²) in [6, 6.07) is 77.3. The lowest BCUT2D eigenvalue weighted by Gasteiger charge is -2.15. The summed E-state index contributed by atoms with van der Waals surface area (Å²) in [6.45, 7) is 4.75. The molecule has 1 aliphatic rings. The predicted molar refractivity (Wildman–Crippen MR) is 279 cm³/mol. The van der Waals surface area contributed by atoms with Crippen molar-refractivity contribution >= 4 is 76.4 Å². The van der Waals surface area contributed by atoms with E-state index in [9.17, 15) is 0 Å². The van der Waals surface area contributed by atoms with E-state index >= 15 is 0 Å². The molecular formula is C63H42N2O. The van der Waals surface area contributed by atoms with E-state index in [1.54, 1.807) is 0 Å². The Hall–Kier alpha value is -8.66. The van der Waals surface area contributed by atoms with E-state index in [0.29, 0.717) is 6.61 Å². The van der Waals surface area contributed by atoms with Crippen molar-refractivity contribution in [3.05, 3.63) is 243 Å². The monoisotopic (exact) mass is 842 g/mol. The largest absolute Gasteiger partial charge is 0.487 e. The number of para-hydroxylation sites is 2. The fraction of sp³-hybridized carbons (Fsp3) is 0.0159. The van der Waals surface area contributed by atoms with Crippen LogP contribution >= 0.6 is 0 Å². The van der Waals surface area contributed by atoms with Gasteiger partial charge in [-0.2, -0.15) is 0 Å². The summed E-state index contributed by atoms with van der Waals surface area (Å²) in [4.78, 5) is 0. The van der Waals surface area contributed by atoms with E-state index in [4.69, 9.17) is 4.74 Å². The van der Waals surface area contributed by atoms with E-state index in [1.165, 1.54) is 81.9 Å². The molecule has 12 aromatic rings. The smallest absolute Gasteiger partial charge is 0.129 e. The lowest BCUT2D eigenvalue weighted by Crippen LogP contribution is -2.07. The van der Waals surface area contributed by atoms with Crippen LogP contribution in [-0.2, 0) is 0 Å². The maximum Gasteiger partial charge on any atom is 0.129 e. The van der Waals surface area contributed by atoms with Crippen LogP contribution in [0.4, 0.5) is 0 Å². The highest BCUT2D eigenvalue weighted by Gasteiger charge is 2.20. The second kappa shape index (κ2) is 15.3. The van der Waals surface area contributed by atoms with Crippen LogP contribution in [0.1, 0.15) is 5.56 Å². The lowest BCUT2D eigenvalue weighted by molar-refractivity contribution is 0.364. The van der Waals surface area contributed by atoms with Crippen LogP contribution in [0, 0.1) is 0 Å². The summed E-state index contributed by atoms with van der Waals surface area (Å²) in [5.41, 5.74) is 15.9. The molecule has 310 valence electrons. The van der Waals surface area contributed by atoms with Gasteiger partial charge in [0.2, 0.25) is 0 Å². The number of allylic oxidation sites excluding steroid dienone is 4. The van der Waals surface area contributed by atoms with Crippen LogP contribution in [0.3, 0.4) is 0 Å². The molecule has 0 aliphatic carbocycles. The Balaban J connectivity index is 1.02. The first-order chi connectivity index (χ1) is 32.6. The maximum absolute atomic E-state index is 6.62. The van der Waals surface area contributed by atoms with Gasteiger partial charge in [-0.1, -0.05) is 164 Å². The summed E-state index contributed by atoms with van der Waals surface area (Å²) in [7, 11) is 0. The predicted octanol–water partition coefficient (Wildman–Crippen LogP) is 16.7. The van der Waals surface area contributed by atoms with Crippen molar-refractivity contribution < 1.29 is 4.74 Å². The molecule has 0 saturated carbocycles. The zero-order valence-electron chi connectivity index (χ0n) is 36.2. The quantitative estimate of drug-likeness (QED) is 0.169. The molecule has 10 aromatic carbocycles. The van der Waals surface area contributed by atoms with E-state index in [0.717, 1.165) is 44.9 Å². The molecule has 3 heteroatoms. The summed E-state index contributed by atoms with van der Waals surface area (Å²) in [5.74, 6) is 0.828. The standard InChI is InChI=1S/C63H42N2O/c1-41-14-11-21-49(40-66-63-27-10-9-22-50(41)63)65-61-33-29-45(37-56(61)58-39-47(31-35-62(58)65)54-26-13-18-43-16-6-8-24-52(43)54)44-28-32-59-55(36-44)57-38-46(53-25-12-17-42-15-5-7-23-51(42)53)30-34-60(57)64(59)48-19-3-2-4-20-48/h2-39H,1,40H2/b14-11-,49-21+. The fourth-order valence-electron chi connectivity index (χ4n) is 10.4. The Morgan fingerprint density at radius 1 is 0.379 bits per heavy atom. The summed E-state index contributed by atoms with van der Waals surface area (Å²) < 4.78 is 11.4. The minimum atomic E-state index is 0.392. The number of aromatic nitrogens is 2. The first-order valence-corrected chi connectivity index (χ1v) is 22.6. The average Bonchev–Trinajstić information content (AvgIpc) is 3.90. The van der Waals surface area contributed by atoms with Crippen molar-refractivity contribution in [1.82, 2.24) is 9.13 Å². The molecule has 0 spiro atoms. The molecule has 0 unspecified atom stereocenters. The molecular weight excluding hydrogens is 801 g/mol. The van der Waals surface area contributed by atoms with Gasteiger partial charge in [-0.05, 0) is 133 Å². The number of benzene rings is 10. The number of ether oxygens (including phenoxy) is 1. The van der Waals surface area contributed by atoms with Crippen LogP contribution in [0.15, 0.2) is 237 Å². The Bertz CT molecular complexity index is 4000. The topological polar surface area (TPSA) is 19.1 Å². The minimum Gasteiger partial charge on any atom is -0.487 e. The average molecular weight is 843 g/mol. The molecule has 2 aromatic heterocycles. The van der Waals surface area contributed by atoms with Crippen molar-refractivity contribution in [2.24, 2.45) is 0 Å². The number of hydrogen-bond acceptors (Lipinski definition) is 1. The molecule has 0 bridgehead atoms. The molecule has 3 heterocycles. The van der Waals surface area contributed by atoms with Gasteiger partial charge in [0.15, 0.2) is 0 Å². The molecule has 0 saturated heterocycles. The van der Waals surface area contributed by atoms with Gasteiger partial charge < -0.3 is 13.9 Å². The Labute approximate surface area is 382 Å². The van der Waals surface area contributed by atoms with Crippen molar-refractivity contribution in [3.8, 4) is 44.8 Å². The highest BCUT2D eigenvalue weighted by Crippen LogP contribution is 2.42. The molecule has 0 atom stereocenters. The van der Waals surface area contributed by atoms with Crippen LogP contribution in [-0.4, -0.2) is 15.7 Å². The normalized spacial score (nSPS) is 14.2. The second-order valence-corrected chi connectivity index (χ2v) is 17.3. The molecule has 0 fully saturated rings. The van der Waals surface area contributed by atoms with Crippen LogP contribution in [0.5, 0.6) is 5.75 Å². The summed E-state index contributed by atoms with van der Waals surface area (Å²) in [6.07, 6.45) is 6.35. The van der Waals surface area contributed by atoms with Gasteiger partial charge in [0, 0.05) is 32.8 Å². The van der Waals surface area contributed by atoms with E-state index in [2.05, 4.69) is 228 Å². The second-order valence-electron chi connectivity index (χ2n) is 17.3. The minimum absolute atomic E-state index is 0.392. The molecule has 13 rings (SSSR count). The lowest BCUT2D eigenvalue weighted by atomic mass is 9.96. The van der Waals surface area contributed by atoms with Crippen LogP contribution in [0.25, 0.3) is 115 Å². The first kappa shape index (κ1) is 37.9.